The van der Waals surface area contributed by atoms with Crippen molar-refractivity contribution in [2.75, 3.05) is 18.9 Å². The van der Waals surface area contributed by atoms with Crippen LogP contribution in [0.5, 0.6) is 0 Å². The third-order valence-corrected chi connectivity index (χ3v) is 6.02. The number of halogens is 4. The van der Waals surface area contributed by atoms with Crippen LogP contribution in [0, 0.1) is 5.82 Å². The van der Waals surface area contributed by atoms with Crippen LogP contribution in [0.15, 0.2) is 41.3 Å². The number of sulfonamides is 1. The number of hydrogen-bond acceptors (Lipinski definition) is 3. The topological polar surface area (TPSA) is 66.5 Å². The Kier molecular flexibility index (Phi) is 6.29. The molecule has 0 saturated heterocycles. The van der Waals surface area contributed by atoms with Crippen LogP contribution in [0.4, 0.5) is 10.1 Å². The second-order valence-corrected chi connectivity index (χ2v) is 8.28. The molecule has 0 saturated carbocycles. The standard InChI is InChI=1S/C15H12Cl3FN2O3S/c1-21(25(23,24)10-4-2-9(19)3-5-10)8-15(22)20-14-7-12(17)11(16)6-13(14)18/h2-7H,8H2,1H3,(H,20,22). The number of carbonyl (C=O) groups is 1. The molecule has 0 aliphatic carbocycles. The summed E-state index contributed by atoms with van der Waals surface area (Å²) in [6, 6.07) is 7.01. The number of nitrogens with zero attached hydrogens (tertiary/aromatic N) is 1. The summed E-state index contributed by atoms with van der Waals surface area (Å²) >= 11 is 17.6. The third kappa shape index (κ3) is 4.83. The van der Waals surface area contributed by atoms with E-state index in [9.17, 15) is 17.6 Å². The van der Waals surface area contributed by atoms with Crippen LogP contribution in [-0.4, -0.2) is 32.2 Å². The second-order valence-electron chi connectivity index (χ2n) is 5.01. The molecule has 0 aliphatic heterocycles. The summed E-state index contributed by atoms with van der Waals surface area (Å²) in [6.45, 7) is -0.476. The van der Waals surface area contributed by atoms with Crippen molar-refractivity contribution in [3.8, 4) is 0 Å². The van der Waals surface area contributed by atoms with Crippen molar-refractivity contribution in [3.05, 3.63) is 57.3 Å². The molecule has 2 rings (SSSR count). The monoisotopic (exact) mass is 424 g/mol. The minimum absolute atomic E-state index is 0.128. The molecule has 0 aromatic heterocycles. The maximum Gasteiger partial charge on any atom is 0.243 e. The smallest absolute Gasteiger partial charge is 0.243 e. The Morgan fingerprint density at radius 2 is 1.64 bits per heavy atom. The highest BCUT2D eigenvalue weighted by molar-refractivity contribution is 7.89. The van der Waals surface area contributed by atoms with E-state index in [-0.39, 0.29) is 25.7 Å². The Morgan fingerprint density at radius 3 is 2.24 bits per heavy atom. The van der Waals surface area contributed by atoms with Crippen molar-refractivity contribution in [1.82, 2.24) is 4.31 Å². The molecule has 5 nitrogen and oxygen atoms in total. The van der Waals surface area contributed by atoms with Crippen LogP contribution in [0.1, 0.15) is 0 Å². The summed E-state index contributed by atoms with van der Waals surface area (Å²) in [5, 5.41) is 3.03. The quantitative estimate of drug-likeness (QED) is 0.735. The summed E-state index contributed by atoms with van der Waals surface area (Å²) in [6.07, 6.45) is 0. The van der Waals surface area contributed by atoms with E-state index in [1.165, 1.54) is 19.2 Å². The molecule has 0 radical (unpaired) electrons. The molecule has 0 atom stereocenters. The first-order valence-corrected chi connectivity index (χ1v) is 9.35. The van der Waals surface area contributed by atoms with Gasteiger partial charge < -0.3 is 5.32 Å². The van der Waals surface area contributed by atoms with Crippen LogP contribution in [0.2, 0.25) is 15.1 Å². The summed E-state index contributed by atoms with van der Waals surface area (Å²) in [7, 11) is -2.71. The predicted molar refractivity (Wildman–Crippen MR) is 96.3 cm³/mol. The highest BCUT2D eigenvalue weighted by atomic mass is 35.5. The zero-order chi connectivity index (χ0) is 18.8. The van der Waals surface area contributed by atoms with Crippen LogP contribution in [0.25, 0.3) is 0 Å². The molecule has 0 fully saturated rings. The van der Waals surface area contributed by atoms with Crippen molar-refractivity contribution in [2.45, 2.75) is 4.90 Å². The number of likely N-dealkylation sites (N-methyl/N-ethyl adjacent to an activating group) is 1. The van der Waals surface area contributed by atoms with E-state index >= 15 is 0 Å². The van der Waals surface area contributed by atoms with Crippen LogP contribution >= 0.6 is 34.8 Å². The minimum atomic E-state index is -3.94. The lowest BCUT2D eigenvalue weighted by molar-refractivity contribution is -0.116. The maximum atomic E-state index is 12.9. The largest absolute Gasteiger partial charge is 0.324 e. The van der Waals surface area contributed by atoms with Crippen molar-refractivity contribution >= 4 is 56.4 Å². The Labute approximate surface area is 159 Å². The summed E-state index contributed by atoms with van der Waals surface area (Å²) in [4.78, 5) is 12.0. The number of hydrogen-bond donors (Lipinski definition) is 1. The number of benzene rings is 2. The van der Waals surface area contributed by atoms with Gasteiger partial charge in [0.25, 0.3) is 0 Å². The van der Waals surface area contributed by atoms with Gasteiger partial charge in [-0.05, 0) is 36.4 Å². The van der Waals surface area contributed by atoms with Gasteiger partial charge in [0.1, 0.15) is 5.82 Å². The molecule has 0 aliphatic rings. The summed E-state index contributed by atoms with van der Waals surface area (Å²) in [5.74, 6) is -1.19. The van der Waals surface area contributed by atoms with Crippen molar-refractivity contribution in [1.29, 1.82) is 0 Å². The Balaban J connectivity index is 2.12. The Hall–Kier alpha value is -1.38. The van der Waals surface area contributed by atoms with E-state index in [2.05, 4.69) is 5.32 Å². The molecule has 10 heteroatoms. The lowest BCUT2D eigenvalue weighted by atomic mass is 10.3. The zero-order valence-corrected chi connectivity index (χ0v) is 15.8. The minimum Gasteiger partial charge on any atom is -0.324 e. The molecule has 0 bridgehead atoms. The maximum absolute atomic E-state index is 12.9. The van der Waals surface area contributed by atoms with Crippen LogP contribution in [0.3, 0.4) is 0 Å². The van der Waals surface area contributed by atoms with E-state index in [1.807, 2.05) is 0 Å². The number of amides is 1. The molecule has 1 N–H and O–H groups in total. The van der Waals surface area contributed by atoms with Crippen LogP contribution in [-0.2, 0) is 14.8 Å². The zero-order valence-electron chi connectivity index (χ0n) is 12.8. The van der Waals surface area contributed by atoms with Gasteiger partial charge in [-0.15, -0.1) is 0 Å². The van der Waals surface area contributed by atoms with Gasteiger partial charge in [-0.3, -0.25) is 4.79 Å². The molecular formula is C15H12Cl3FN2O3S. The fourth-order valence-electron chi connectivity index (χ4n) is 1.88. The first-order chi connectivity index (χ1) is 11.6. The van der Waals surface area contributed by atoms with Crippen molar-refractivity contribution in [2.24, 2.45) is 0 Å². The van der Waals surface area contributed by atoms with Gasteiger partial charge in [0.15, 0.2) is 0 Å². The Bertz CT molecular complexity index is 905. The first-order valence-electron chi connectivity index (χ1n) is 6.77. The summed E-state index contributed by atoms with van der Waals surface area (Å²) in [5.41, 5.74) is 0.202. The lowest BCUT2D eigenvalue weighted by Gasteiger charge is -2.17. The van der Waals surface area contributed by atoms with Crippen LogP contribution < -0.4 is 5.32 Å². The van der Waals surface area contributed by atoms with Gasteiger partial charge in [0, 0.05) is 7.05 Å². The highest BCUT2D eigenvalue weighted by Gasteiger charge is 2.23. The van der Waals surface area contributed by atoms with Gasteiger partial charge in [-0.2, -0.15) is 4.31 Å². The summed E-state index contributed by atoms with van der Waals surface area (Å²) < 4.78 is 38.5. The van der Waals surface area contributed by atoms with Crippen molar-refractivity contribution in [3.63, 3.8) is 0 Å². The normalized spacial score (nSPS) is 11.6. The molecule has 25 heavy (non-hydrogen) atoms. The number of carbonyl (C=O) groups excluding carboxylic acids is 1. The fraction of sp³-hybridized carbons (Fsp3) is 0.133. The Morgan fingerprint density at radius 1 is 1.08 bits per heavy atom. The number of rotatable bonds is 5. The lowest BCUT2D eigenvalue weighted by Crippen LogP contribution is -2.35. The van der Waals surface area contributed by atoms with E-state index in [0.717, 1.165) is 28.6 Å². The van der Waals surface area contributed by atoms with Crippen molar-refractivity contribution < 1.29 is 17.6 Å². The van der Waals surface area contributed by atoms with E-state index in [4.69, 9.17) is 34.8 Å². The second kappa shape index (κ2) is 7.88. The molecule has 0 spiro atoms. The average Bonchev–Trinajstić information content (AvgIpc) is 2.52. The molecule has 2 aromatic rings. The highest BCUT2D eigenvalue weighted by Crippen LogP contribution is 2.32. The average molecular weight is 426 g/mol. The number of anilines is 1. The van der Waals surface area contributed by atoms with E-state index in [1.54, 1.807) is 0 Å². The molecule has 134 valence electrons. The predicted octanol–water partition coefficient (Wildman–Crippen LogP) is 4.05. The first kappa shape index (κ1) is 19.9. The van der Waals surface area contributed by atoms with Gasteiger partial charge in [0.05, 0.1) is 32.2 Å². The molecule has 0 heterocycles. The van der Waals surface area contributed by atoms with Gasteiger partial charge in [0.2, 0.25) is 15.9 Å². The van der Waals surface area contributed by atoms with Gasteiger partial charge in [-0.1, -0.05) is 34.8 Å². The molecule has 1 amide bonds. The molecule has 0 unspecified atom stereocenters. The third-order valence-electron chi connectivity index (χ3n) is 3.17. The molecular weight excluding hydrogens is 414 g/mol. The van der Waals surface area contributed by atoms with Gasteiger partial charge >= 0.3 is 0 Å². The van der Waals surface area contributed by atoms with Gasteiger partial charge in [-0.25, -0.2) is 12.8 Å². The SMILES string of the molecule is CN(CC(=O)Nc1cc(Cl)c(Cl)cc1Cl)S(=O)(=O)c1ccc(F)cc1. The number of nitrogens with one attached hydrogen (secondary N) is 1. The molecule has 2 aromatic carbocycles. The van der Waals surface area contributed by atoms with E-state index < -0.39 is 28.3 Å². The fourth-order valence-corrected chi connectivity index (χ4v) is 3.60. The van der Waals surface area contributed by atoms with E-state index in [0.29, 0.717) is 0 Å².